The summed E-state index contributed by atoms with van der Waals surface area (Å²) in [6, 6.07) is 2.04. The van der Waals surface area contributed by atoms with Crippen LogP contribution in [0, 0.1) is 19.8 Å². The largest absolute Gasteiger partial charge is 0.496 e. The molecule has 1 heterocycles. The minimum Gasteiger partial charge on any atom is -0.496 e. The molecule has 3 heteroatoms. The molecule has 1 aliphatic heterocycles. The smallest absolute Gasteiger partial charge is 0.122 e. The molecule has 0 radical (unpaired) electrons. The molecule has 1 N–H and O–H groups in total. The summed E-state index contributed by atoms with van der Waals surface area (Å²) < 4.78 is 5.45. The van der Waals surface area contributed by atoms with Crippen molar-refractivity contribution < 1.29 is 4.74 Å². The van der Waals surface area contributed by atoms with Crippen LogP contribution in [0.25, 0.3) is 0 Å². The molecule has 0 aliphatic carbocycles. The normalized spacial score (nSPS) is 16.0. The Morgan fingerprint density at radius 3 is 2.62 bits per heavy atom. The highest BCUT2D eigenvalue weighted by Gasteiger charge is 2.21. The maximum Gasteiger partial charge on any atom is 0.122 e. The lowest BCUT2D eigenvalue weighted by Crippen LogP contribution is -2.43. The average Bonchev–Trinajstić information content (AvgIpc) is 2.21. The standard InChI is InChI=1S/C13H18ClNO/c1-8-4-12(16-3)11(9(2)13(8)14)5-10-6-15-7-10/h4,10,15H,5-7H2,1-3H3. The molecule has 1 saturated heterocycles. The number of halogens is 1. The summed E-state index contributed by atoms with van der Waals surface area (Å²) in [7, 11) is 1.73. The number of aryl methyl sites for hydroxylation is 1. The second-order valence-corrected chi connectivity index (χ2v) is 4.92. The van der Waals surface area contributed by atoms with Crippen LogP contribution in [-0.2, 0) is 6.42 Å². The van der Waals surface area contributed by atoms with Gasteiger partial charge in [0.1, 0.15) is 5.75 Å². The van der Waals surface area contributed by atoms with E-state index in [0.717, 1.165) is 41.8 Å². The molecule has 1 fully saturated rings. The second kappa shape index (κ2) is 4.64. The molecule has 1 aliphatic rings. The van der Waals surface area contributed by atoms with Gasteiger partial charge in [0, 0.05) is 5.02 Å². The van der Waals surface area contributed by atoms with Crippen LogP contribution in [0.3, 0.4) is 0 Å². The fraction of sp³-hybridized carbons (Fsp3) is 0.538. The molecule has 1 aromatic rings. The highest BCUT2D eigenvalue weighted by Crippen LogP contribution is 2.33. The lowest BCUT2D eigenvalue weighted by Gasteiger charge is -2.28. The Bertz CT molecular complexity index is 399. The fourth-order valence-corrected chi connectivity index (χ4v) is 2.35. The lowest BCUT2D eigenvalue weighted by atomic mass is 9.90. The van der Waals surface area contributed by atoms with Crippen molar-refractivity contribution in [2.24, 2.45) is 5.92 Å². The zero-order chi connectivity index (χ0) is 11.7. The van der Waals surface area contributed by atoms with Gasteiger partial charge in [-0.05, 0) is 62.0 Å². The van der Waals surface area contributed by atoms with E-state index in [1.165, 1.54) is 11.1 Å². The lowest BCUT2D eigenvalue weighted by molar-refractivity contribution is 0.338. The van der Waals surface area contributed by atoms with Crippen molar-refractivity contribution in [3.05, 3.63) is 27.8 Å². The average molecular weight is 240 g/mol. The molecule has 2 rings (SSSR count). The highest BCUT2D eigenvalue weighted by atomic mass is 35.5. The van der Waals surface area contributed by atoms with Gasteiger partial charge in [0.25, 0.3) is 0 Å². The van der Waals surface area contributed by atoms with Crippen LogP contribution in [0.1, 0.15) is 16.7 Å². The van der Waals surface area contributed by atoms with Gasteiger partial charge in [0.05, 0.1) is 7.11 Å². The topological polar surface area (TPSA) is 21.3 Å². The summed E-state index contributed by atoms with van der Waals surface area (Å²) in [5.74, 6) is 1.71. The SMILES string of the molecule is COc1cc(C)c(Cl)c(C)c1CC1CNC1. The summed E-state index contributed by atoms with van der Waals surface area (Å²) >= 11 is 6.29. The van der Waals surface area contributed by atoms with Crippen molar-refractivity contribution in [3.63, 3.8) is 0 Å². The number of methoxy groups -OCH3 is 1. The maximum absolute atomic E-state index is 6.29. The van der Waals surface area contributed by atoms with E-state index in [0.29, 0.717) is 0 Å². The fourth-order valence-electron chi connectivity index (χ4n) is 2.18. The summed E-state index contributed by atoms with van der Waals surface area (Å²) in [5, 5.41) is 4.17. The van der Waals surface area contributed by atoms with E-state index in [1.54, 1.807) is 7.11 Å². The Labute approximate surface area is 102 Å². The number of hydrogen-bond acceptors (Lipinski definition) is 2. The first-order valence-electron chi connectivity index (χ1n) is 5.66. The Morgan fingerprint density at radius 1 is 1.44 bits per heavy atom. The molecule has 0 atom stereocenters. The maximum atomic E-state index is 6.29. The Morgan fingerprint density at radius 2 is 2.12 bits per heavy atom. The van der Waals surface area contributed by atoms with E-state index >= 15 is 0 Å². The van der Waals surface area contributed by atoms with Crippen LogP contribution >= 0.6 is 11.6 Å². The number of hydrogen-bond donors (Lipinski definition) is 1. The number of rotatable bonds is 3. The van der Waals surface area contributed by atoms with E-state index in [1.807, 2.05) is 13.0 Å². The minimum atomic E-state index is 0.728. The van der Waals surface area contributed by atoms with E-state index in [9.17, 15) is 0 Å². The zero-order valence-electron chi connectivity index (χ0n) is 10.1. The molecule has 0 spiro atoms. The molecular formula is C13H18ClNO. The molecule has 0 bridgehead atoms. The Kier molecular flexibility index (Phi) is 3.41. The molecule has 88 valence electrons. The van der Waals surface area contributed by atoms with Gasteiger partial charge in [-0.25, -0.2) is 0 Å². The van der Waals surface area contributed by atoms with E-state index in [-0.39, 0.29) is 0 Å². The molecule has 0 saturated carbocycles. The number of benzene rings is 1. The van der Waals surface area contributed by atoms with Crippen molar-refractivity contribution >= 4 is 11.6 Å². The predicted octanol–water partition coefficient (Wildman–Crippen LogP) is 2.73. The van der Waals surface area contributed by atoms with Crippen LogP contribution in [-0.4, -0.2) is 20.2 Å². The van der Waals surface area contributed by atoms with Crippen molar-refractivity contribution in [1.82, 2.24) is 5.32 Å². The van der Waals surface area contributed by atoms with E-state index in [2.05, 4.69) is 12.2 Å². The van der Waals surface area contributed by atoms with Crippen LogP contribution < -0.4 is 10.1 Å². The molecule has 16 heavy (non-hydrogen) atoms. The van der Waals surface area contributed by atoms with Gasteiger partial charge in [0.2, 0.25) is 0 Å². The van der Waals surface area contributed by atoms with Crippen molar-refractivity contribution in [1.29, 1.82) is 0 Å². The molecular weight excluding hydrogens is 222 g/mol. The highest BCUT2D eigenvalue weighted by molar-refractivity contribution is 6.32. The number of nitrogens with one attached hydrogen (secondary N) is 1. The third kappa shape index (κ3) is 2.04. The first kappa shape index (κ1) is 11.7. The van der Waals surface area contributed by atoms with Crippen LogP contribution in [0.2, 0.25) is 5.02 Å². The summed E-state index contributed by atoms with van der Waals surface area (Å²) in [5.41, 5.74) is 3.53. The van der Waals surface area contributed by atoms with Gasteiger partial charge in [-0.3, -0.25) is 0 Å². The minimum absolute atomic E-state index is 0.728. The van der Waals surface area contributed by atoms with Gasteiger partial charge in [0.15, 0.2) is 0 Å². The van der Waals surface area contributed by atoms with Gasteiger partial charge in [-0.15, -0.1) is 0 Å². The summed E-state index contributed by atoms with van der Waals surface area (Å²) in [4.78, 5) is 0. The van der Waals surface area contributed by atoms with Gasteiger partial charge in [-0.2, -0.15) is 0 Å². The Balaban J connectivity index is 2.35. The van der Waals surface area contributed by atoms with Crippen molar-refractivity contribution in [3.8, 4) is 5.75 Å². The van der Waals surface area contributed by atoms with Gasteiger partial charge < -0.3 is 10.1 Å². The first-order valence-corrected chi connectivity index (χ1v) is 6.04. The third-order valence-electron chi connectivity index (χ3n) is 3.35. The summed E-state index contributed by atoms with van der Waals surface area (Å²) in [6.07, 6.45) is 1.06. The van der Waals surface area contributed by atoms with Crippen molar-refractivity contribution in [2.75, 3.05) is 20.2 Å². The van der Waals surface area contributed by atoms with Crippen LogP contribution in [0.4, 0.5) is 0 Å². The van der Waals surface area contributed by atoms with Gasteiger partial charge in [-0.1, -0.05) is 11.6 Å². The monoisotopic (exact) mass is 239 g/mol. The van der Waals surface area contributed by atoms with Gasteiger partial charge >= 0.3 is 0 Å². The molecule has 0 aromatic heterocycles. The van der Waals surface area contributed by atoms with E-state index in [4.69, 9.17) is 16.3 Å². The Hall–Kier alpha value is -0.730. The first-order chi connectivity index (χ1) is 7.63. The second-order valence-electron chi connectivity index (χ2n) is 4.54. The summed E-state index contributed by atoms with van der Waals surface area (Å²) in [6.45, 7) is 6.31. The third-order valence-corrected chi connectivity index (χ3v) is 3.93. The molecule has 0 amide bonds. The predicted molar refractivity (Wildman–Crippen MR) is 67.5 cm³/mol. The molecule has 2 nitrogen and oxygen atoms in total. The van der Waals surface area contributed by atoms with E-state index < -0.39 is 0 Å². The molecule has 0 unspecified atom stereocenters. The molecule has 1 aromatic carbocycles. The number of ether oxygens (including phenoxy) is 1. The zero-order valence-corrected chi connectivity index (χ0v) is 10.8. The van der Waals surface area contributed by atoms with Crippen LogP contribution in [0.5, 0.6) is 5.75 Å². The van der Waals surface area contributed by atoms with Crippen molar-refractivity contribution in [2.45, 2.75) is 20.3 Å². The van der Waals surface area contributed by atoms with Crippen LogP contribution in [0.15, 0.2) is 6.07 Å². The quantitative estimate of drug-likeness (QED) is 0.876.